The van der Waals surface area contributed by atoms with E-state index in [0.717, 1.165) is 6.54 Å². The molecule has 0 fully saturated rings. The first kappa shape index (κ1) is 45.8. The van der Waals surface area contributed by atoms with E-state index >= 15 is 0 Å². The molecule has 0 unspecified atom stereocenters. The van der Waals surface area contributed by atoms with Gasteiger partial charge in [-0.25, -0.2) is 10.2 Å². The molecule has 236 valence electrons. The lowest BCUT2D eigenvalue weighted by molar-refractivity contribution is -0.139. The van der Waals surface area contributed by atoms with Crippen LogP contribution in [0.25, 0.3) is 0 Å². The molecule has 0 aromatic rings. The maximum Gasteiger partial charge on any atom is 0.320 e. The number of alkyl halides is 2. The number of carbonyl (C=O) groups is 3. The zero-order valence-electron chi connectivity index (χ0n) is 24.0. The summed E-state index contributed by atoms with van der Waals surface area (Å²) < 4.78 is 35.3. The fourth-order valence-corrected chi connectivity index (χ4v) is 6.46. The first-order valence-corrected chi connectivity index (χ1v) is 18.5. The second kappa shape index (κ2) is 28.0. The fraction of sp³-hybridized carbons (Fsp3) is 0.857. The maximum absolute atomic E-state index is 12.1. The molecule has 0 bridgehead atoms. The molecule has 18 heteroatoms. The largest absolute Gasteiger partial charge is 0.468 e. The van der Waals surface area contributed by atoms with Crippen molar-refractivity contribution >= 4 is 76.9 Å². The summed E-state index contributed by atoms with van der Waals surface area (Å²) >= 11 is 20.8. The van der Waals surface area contributed by atoms with Crippen molar-refractivity contribution in [1.29, 1.82) is 0 Å². The predicted molar refractivity (Wildman–Crippen MR) is 162 cm³/mol. The van der Waals surface area contributed by atoms with Crippen molar-refractivity contribution in [2.75, 3.05) is 71.6 Å². The number of nitrogens with one attached hydrogen (secondary N) is 2. The number of ether oxygens (including phenoxy) is 3. The predicted octanol–water partition coefficient (Wildman–Crippen LogP) is 4.08. The van der Waals surface area contributed by atoms with Crippen molar-refractivity contribution in [2.24, 2.45) is 5.73 Å². The highest BCUT2D eigenvalue weighted by atomic mass is 35.9. The van der Waals surface area contributed by atoms with E-state index in [1.54, 1.807) is 0 Å². The van der Waals surface area contributed by atoms with E-state index in [0.29, 0.717) is 12.1 Å². The lowest BCUT2D eigenvalue weighted by Gasteiger charge is -2.28. The minimum atomic E-state index is -3.09. The van der Waals surface area contributed by atoms with Gasteiger partial charge >= 0.3 is 17.9 Å². The average molecular weight is 686 g/mol. The van der Waals surface area contributed by atoms with Gasteiger partial charge in [-0.1, -0.05) is 6.92 Å². The van der Waals surface area contributed by atoms with Gasteiger partial charge in [-0.15, -0.1) is 23.2 Å². The Balaban J connectivity index is -0.000000233. The van der Waals surface area contributed by atoms with Crippen LogP contribution < -0.4 is 15.9 Å². The van der Waals surface area contributed by atoms with Gasteiger partial charge in [0.05, 0.1) is 27.9 Å². The molecule has 0 amide bonds. The number of halogens is 4. The third-order valence-electron chi connectivity index (χ3n) is 4.24. The van der Waals surface area contributed by atoms with Gasteiger partial charge in [-0.05, 0) is 56.7 Å². The molecule has 0 rings (SSSR count). The van der Waals surface area contributed by atoms with Gasteiger partial charge in [-0.3, -0.25) is 28.4 Å². The summed E-state index contributed by atoms with van der Waals surface area (Å²) in [6, 6.07) is 1.38. The topological polar surface area (TPSA) is 166 Å². The van der Waals surface area contributed by atoms with Crippen LogP contribution in [0, 0.1) is 0 Å². The van der Waals surface area contributed by atoms with E-state index in [1.807, 2.05) is 0 Å². The van der Waals surface area contributed by atoms with Gasteiger partial charge < -0.3 is 19.9 Å². The average Bonchev–Trinajstić information content (AvgIpc) is 2.86. The molecular formula is C21H46Cl4N4O8P2. The second-order valence-electron chi connectivity index (χ2n) is 7.76. The molecule has 0 aliphatic carbocycles. The van der Waals surface area contributed by atoms with E-state index in [2.05, 4.69) is 63.9 Å². The summed E-state index contributed by atoms with van der Waals surface area (Å²) in [5.74, 6) is -3.97. The smallest absolute Gasteiger partial charge is 0.320 e. The molecule has 0 heterocycles. The molecule has 0 aliphatic rings. The number of hydrogen-bond donors (Lipinski definition) is 3. The Morgan fingerprint density at radius 1 is 0.795 bits per heavy atom. The first-order valence-electron chi connectivity index (χ1n) is 11.8. The Morgan fingerprint density at radius 3 is 1.28 bits per heavy atom. The van der Waals surface area contributed by atoms with Gasteiger partial charge in [0.1, 0.15) is 13.1 Å². The van der Waals surface area contributed by atoms with E-state index in [1.165, 1.54) is 21.3 Å². The highest BCUT2D eigenvalue weighted by molar-refractivity contribution is 8.08. The standard InChI is InChI=1S/C8H16ClN2O5P.C8H19N.C3H7NO2.C2H4Cl3OP/c1-15-7(12)5-10-17(14,4-3-9)11-6-8(13)16-2;1-6-9(7(2)3)8(4)5;1-6-3(5)2-4;3-1-2-7(4,5)6/h3-6H2,1-2H3,(H2,10,11,14);7-8H,6H2,1-5H3;2,4H2,1H3;1-2H2. The van der Waals surface area contributed by atoms with E-state index in [9.17, 15) is 23.5 Å². The Morgan fingerprint density at radius 2 is 1.15 bits per heavy atom. The molecule has 39 heavy (non-hydrogen) atoms. The minimum absolute atomic E-state index is 0.0312. The first-order chi connectivity index (χ1) is 17.9. The summed E-state index contributed by atoms with van der Waals surface area (Å²) in [5.41, 5.74) is 4.81. The van der Waals surface area contributed by atoms with E-state index in [-0.39, 0.29) is 49.7 Å². The Kier molecular flexibility index (Phi) is 32.9. The zero-order chi connectivity index (χ0) is 31.7. The van der Waals surface area contributed by atoms with Crippen molar-refractivity contribution < 1.29 is 37.7 Å². The molecule has 4 N–H and O–H groups in total. The van der Waals surface area contributed by atoms with Crippen LogP contribution >= 0.6 is 59.0 Å². The van der Waals surface area contributed by atoms with E-state index < -0.39 is 25.2 Å². The Bertz CT molecular complexity index is 709. The zero-order valence-corrected chi connectivity index (χ0v) is 28.8. The SMILES string of the molecule is CCN(C(C)C)C(C)C.COC(=O)CN.COC(=O)CNP(=O)(CCCl)NCC(=O)OC.O=P(Cl)(Cl)CCCl. The van der Waals surface area contributed by atoms with Gasteiger partial charge in [0.25, 0.3) is 5.85 Å². The highest BCUT2D eigenvalue weighted by Crippen LogP contribution is 2.56. The van der Waals surface area contributed by atoms with Gasteiger partial charge in [0, 0.05) is 36.2 Å². The molecule has 0 atom stereocenters. The number of esters is 3. The van der Waals surface area contributed by atoms with Crippen LogP contribution in [0.3, 0.4) is 0 Å². The number of nitrogens with zero attached hydrogens (tertiary/aromatic N) is 1. The van der Waals surface area contributed by atoms with Crippen LogP contribution in [-0.4, -0.2) is 106 Å². The van der Waals surface area contributed by atoms with E-state index in [4.69, 9.17) is 51.4 Å². The number of hydrogen-bond acceptors (Lipinski definition) is 10. The number of carbonyl (C=O) groups excluding carboxylic acids is 3. The fourth-order valence-electron chi connectivity index (χ4n) is 2.37. The van der Waals surface area contributed by atoms with Crippen LogP contribution in [0.2, 0.25) is 0 Å². The van der Waals surface area contributed by atoms with Crippen molar-refractivity contribution in [2.45, 2.75) is 46.7 Å². The van der Waals surface area contributed by atoms with Crippen LogP contribution in [-0.2, 0) is 37.7 Å². The summed E-state index contributed by atoms with van der Waals surface area (Å²) in [6.45, 7) is 11.9. The molecule has 0 aromatic heterocycles. The van der Waals surface area contributed by atoms with Crippen LogP contribution in [0.15, 0.2) is 0 Å². The Hall–Kier alpha value is -0.130. The highest BCUT2D eigenvalue weighted by Gasteiger charge is 2.23. The van der Waals surface area contributed by atoms with Gasteiger partial charge in [0.15, 0.2) is 0 Å². The van der Waals surface area contributed by atoms with Crippen molar-refractivity contribution in [1.82, 2.24) is 15.1 Å². The molecule has 0 aliphatic heterocycles. The lowest BCUT2D eigenvalue weighted by atomic mass is 10.2. The summed E-state index contributed by atoms with van der Waals surface area (Å²) in [5, 5.41) is 5.01. The summed E-state index contributed by atoms with van der Waals surface area (Å²) in [4.78, 5) is 34.1. The van der Waals surface area contributed by atoms with Crippen LogP contribution in [0.4, 0.5) is 0 Å². The normalized spacial score (nSPS) is 10.9. The van der Waals surface area contributed by atoms with Gasteiger partial charge in [0.2, 0.25) is 7.44 Å². The lowest BCUT2D eigenvalue weighted by Crippen LogP contribution is -2.36. The molecule has 0 aromatic carbocycles. The Labute approximate surface area is 253 Å². The number of rotatable bonds is 14. The summed E-state index contributed by atoms with van der Waals surface area (Å²) in [6.07, 6.45) is 0.292. The second-order valence-corrected chi connectivity index (χ2v) is 16.5. The molecule has 0 radical (unpaired) electrons. The van der Waals surface area contributed by atoms with Crippen molar-refractivity contribution in [3.63, 3.8) is 0 Å². The third-order valence-corrected chi connectivity index (χ3v) is 9.10. The van der Waals surface area contributed by atoms with Crippen molar-refractivity contribution in [3.8, 4) is 0 Å². The molecule has 0 saturated carbocycles. The maximum atomic E-state index is 12.1. The van der Waals surface area contributed by atoms with Crippen LogP contribution in [0.1, 0.15) is 34.6 Å². The minimum Gasteiger partial charge on any atom is -0.468 e. The quantitative estimate of drug-likeness (QED) is 0.104. The molecule has 12 nitrogen and oxygen atoms in total. The number of methoxy groups -OCH3 is 3. The third kappa shape index (κ3) is 34.0. The van der Waals surface area contributed by atoms with Crippen LogP contribution in [0.5, 0.6) is 0 Å². The summed E-state index contributed by atoms with van der Waals surface area (Å²) in [7, 11) is 0.655. The molecular weight excluding hydrogens is 640 g/mol. The van der Waals surface area contributed by atoms with Crippen molar-refractivity contribution in [3.05, 3.63) is 0 Å². The monoisotopic (exact) mass is 684 g/mol. The molecule has 0 spiro atoms. The molecule has 0 saturated heterocycles. The number of nitrogens with two attached hydrogens (primary N) is 1. The van der Waals surface area contributed by atoms with Gasteiger partial charge in [-0.2, -0.15) is 0 Å².